The van der Waals surface area contributed by atoms with Gasteiger partial charge in [0.25, 0.3) is 0 Å². The third-order valence-electron chi connectivity index (χ3n) is 3.25. The minimum Gasteiger partial charge on any atom is -0.369 e. The summed E-state index contributed by atoms with van der Waals surface area (Å²) in [4.78, 5) is 9.36. The molecule has 0 amide bonds. The number of hydrogen-bond donors (Lipinski definition) is 1. The quantitative estimate of drug-likeness (QED) is 0.634. The van der Waals surface area contributed by atoms with Gasteiger partial charge in [-0.15, -0.1) is 0 Å². The molecule has 0 unspecified atom stereocenters. The predicted octanol–water partition coefficient (Wildman–Crippen LogP) is 5.26. The summed E-state index contributed by atoms with van der Waals surface area (Å²) in [5.41, 5.74) is 4.48. The fourth-order valence-corrected chi connectivity index (χ4v) is 2.78. The van der Waals surface area contributed by atoms with Crippen LogP contribution in [0, 0.1) is 24.3 Å². The number of halogens is 2. The van der Waals surface area contributed by atoms with E-state index in [2.05, 4.69) is 81.7 Å². The van der Waals surface area contributed by atoms with Crippen molar-refractivity contribution in [3.05, 3.63) is 37.0 Å². The van der Waals surface area contributed by atoms with Crippen molar-refractivity contribution < 1.29 is 0 Å². The van der Waals surface area contributed by atoms with Gasteiger partial charge >= 0.3 is 0 Å². The van der Waals surface area contributed by atoms with Crippen molar-refractivity contribution in [1.29, 1.82) is 0 Å². The van der Waals surface area contributed by atoms with E-state index in [1.165, 1.54) is 11.1 Å². The molecule has 2 aromatic rings. The average molecular weight is 460 g/mol. The van der Waals surface area contributed by atoms with E-state index >= 15 is 0 Å². The molecule has 0 saturated heterocycles. The van der Waals surface area contributed by atoms with E-state index in [1.807, 2.05) is 6.92 Å². The maximum absolute atomic E-state index is 4.71. The number of hydrogen-bond acceptors (Lipinski definition) is 3. The molecule has 0 atom stereocenters. The zero-order valence-corrected chi connectivity index (χ0v) is 16.5. The summed E-state index contributed by atoms with van der Waals surface area (Å²) >= 11 is 5.91. The lowest BCUT2D eigenvalue weighted by Gasteiger charge is -2.12. The highest BCUT2D eigenvalue weighted by molar-refractivity contribution is 14.1. The van der Waals surface area contributed by atoms with Crippen LogP contribution in [0.25, 0.3) is 11.4 Å². The van der Waals surface area contributed by atoms with Gasteiger partial charge in [-0.25, -0.2) is 9.97 Å². The summed E-state index contributed by atoms with van der Waals surface area (Å²) in [6, 6.07) is 4.25. The van der Waals surface area contributed by atoms with Gasteiger partial charge in [0.05, 0.1) is 9.26 Å². The molecule has 0 spiro atoms. The van der Waals surface area contributed by atoms with E-state index in [-0.39, 0.29) is 0 Å². The minimum atomic E-state index is 0.783. The highest BCUT2D eigenvalue weighted by Gasteiger charge is 2.12. The fourth-order valence-electron chi connectivity index (χ4n) is 2.12. The molecule has 0 aliphatic rings. The van der Waals surface area contributed by atoms with Crippen LogP contribution in [0.3, 0.4) is 0 Å². The summed E-state index contributed by atoms with van der Waals surface area (Å²) in [6.45, 7) is 9.29. The predicted molar refractivity (Wildman–Crippen MR) is 101 cm³/mol. The number of nitrogens with one attached hydrogen (secondary N) is 1. The molecule has 0 radical (unpaired) electrons. The third-order valence-corrected chi connectivity index (χ3v) is 5.80. The Balaban J connectivity index is 2.51. The van der Waals surface area contributed by atoms with Crippen molar-refractivity contribution in [1.82, 2.24) is 9.97 Å². The Morgan fingerprint density at radius 1 is 1.14 bits per heavy atom. The van der Waals surface area contributed by atoms with Crippen molar-refractivity contribution in [3.63, 3.8) is 0 Å². The Bertz CT molecular complexity index is 648. The van der Waals surface area contributed by atoms with Gasteiger partial charge in [-0.05, 0) is 73.0 Å². The van der Waals surface area contributed by atoms with E-state index in [4.69, 9.17) is 4.98 Å². The van der Waals surface area contributed by atoms with E-state index in [0.29, 0.717) is 0 Å². The van der Waals surface area contributed by atoms with Crippen LogP contribution < -0.4 is 5.32 Å². The first kappa shape index (κ1) is 16.7. The molecule has 1 aromatic heterocycles. The summed E-state index contributed by atoms with van der Waals surface area (Å²) in [5.74, 6) is 1.71. The maximum Gasteiger partial charge on any atom is 0.161 e. The van der Waals surface area contributed by atoms with Crippen LogP contribution in [-0.2, 0) is 0 Å². The number of anilines is 1. The van der Waals surface area contributed by atoms with Gasteiger partial charge in [-0.2, -0.15) is 0 Å². The van der Waals surface area contributed by atoms with Gasteiger partial charge in [0.1, 0.15) is 5.82 Å². The van der Waals surface area contributed by atoms with Gasteiger partial charge in [-0.3, -0.25) is 0 Å². The lowest BCUT2D eigenvalue weighted by molar-refractivity contribution is 0.958. The number of aryl methyl sites for hydroxylation is 3. The van der Waals surface area contributed by atoms with Crippen LogP contribution in [0.1, 0.15) is 30.2 Å². The molecule has 0 aliphatic carbocycles. The van der Waals surface area contributed by atoms with Crippen molar-refractivity contribution in [3.8, 4) is 11.4 Å². The maximum atomic E-state index is 4.71. The molecular formula is C16H19BrIN3. The van der Waals surface area contributed by atoms with Gasteiger partial charge < -0.3 is 5.32 Å². The second kappa shape index (κ2) is 7.05. The van der Waals surface area contributed by atoms with E-state index in [9.17, 15) is 0 Å². The fraction of sp³-hybridized carbons (Fsp3) is 0.375. The highest BCUT2D eigenvalue weighted by Crippen LogP contribution is 2.29. The smallest absolute Gasteiger partial charge is 0.161 e. The molecule has 0 bridgehead atoms. The zero-order chi connectivity index (χ0) is 15.6. The van der Waals surface area contributed by atoms with Crippen LogP contribution in [0.15, 0.2) is 16.6 Å². The van der Waals surface area contributed by atoms with Crippen LogP contribution in [0.5, 0.6) is 0 Å². The van der Waals surface area contributed by atoms with Gasteiger partial charge in [0.15, 0.2) is 5.82 Å². The lowest BCUT2D eigenvalue weighted by Crippen LogP contribution is -2.07. The molecule has 0 saturated carbocycles. The first-order chi connectivity index (χ1) is 9.93. The molecule has 0 aliphatic heterocycles. The third kappa shape index (κ3) is 3.74. The number of nitrogens with zero attached hydrogens (tertiary/aromatic N) is 2. The molecule has 112 valence electrons. The second-order valence-electron chi connectivity index (χ2n) is 5.15. The van der Waals surface area contributed by atoms with Crippen LogP contribution in [0.4, 0.5) is 5.82 Å². The Hall–Kier alpha value is -0.690. The molecule has 5 heteroatoms. The Labute approximate surface area is 148 Å². The number of aromatic nitrogens is 2. The minimum absolute atomic E-state index is 0.783. The van der Waals surface area contributed by atoms with Gasteiger partial charge in [0, 0.05) is 16.6 Å². The highest BCUT2D eigenvalue weighted by atomic mass is 127. The Kier molecular flexibility index (Phi) is 5.60. The SMILES string of the molecule is CCCNc1nc(-c2cc(C)c(Br)c(C)c2)nc(C)c1I. The monoisotopic (exact) mass is 459 g/mol. The van der Waals surface area contributed by atoms with Crippen LogP contribution in [-0.4, -0.2) is 16.5 Å². The average Bonchev–Trinajstić information content (AvgIpc) is 2.45. The Morgan fingerprint density at radius 3 is 2.33 bits per heavy atom. The first-order valence-electron chi connectivity index (χ1n) is 6.99. The molecule has 21 heavy (non-hydrogen) atoms. The van der Waals surface area contributed by atoms with E-state index in [1.54, 1.807) is 0 Å². The van der Waals surface area contributed by atoms with Gasteiger partial charge in [-0.1, -0.05) is 22.9 Å². The van der Waals surface area contributed by atoms with E-state index < -0.39 is 0 Å². The number of rotatable bonds is 4. The lowest BCUT2D eigenvalue weighted by atomic mass is 10.1. The summed E-state index contributed by atoms with van der Waals surface area (Å²) in [5, 5.41) is 3.39. The molecule has 1 N–H and O–H groups in total. The van der Waals surface area contributed by atoms with E-state index in [0.717, 1.165) is 43.9 Å². The van der Waals surface area contributed by atoms with Gasteiger partial charge in [0.2, 0.25) is 0 Å². The molecular weight excluding hydrogens is 441 g/mol. The molecule has 3 nitrogen and oxygen atoms in total. The normalized spacial score (nSPS) is 10.8. The number of benzene rings is 1. The largest absolute Gasteiger partial charge is 0.369 e. The zero-order valence-electron chi connectivity index (χ0n) is 12.7. The van der Waals surface area contributed by atoms with Crippen molar-refractivity contribution in [2.24, 2.45) is 0 Å². The first-order valence-corrected chi connectivity index (χ1v) is 8.86. The molecule has 2 rings (SSSR count). The molecule has 1 aromatic carbocycles. The molecule has 1 heterocycles. The van der Waals surface area contributed by atoms with Crippen molar-refractivity contribution in [2.75, 3.05) is 11.9 Å². The topological polar surface area (TPSA) is 37.8 Å². The van der Waals surface area contributed by atoms with Crippen molar-refractivity contribution in [2.45, 2.75) is 34.1 Å². The summed E-state index contributed by atoms with van der Waals surface area (Å²) in [7, 11) is 0. The second-order valence-corrected chi connectivity index (χ2v) is 7.02. The molecule has 0 fully saturated rings. The van der Waals surface area contributed by atoms with Crippen LogP contribution in [0.2, 0.25) is 0 Å². The van der Waals surface area contributed by atoms with Crippen molar-refractivity contribution >= 4 is 44.3 Å². The summed E-state index contributed by atoms with van der Waals surface area (Å²) in [6.07, 6.45) is 1.07. The summed E-state index contributed by atoms with van der Waals surface area (Å²) < 4.78 is 2.24. The Morgan fingerprint density at radius 2 is 1.76 bits per heavy atom. The van der Waals surface area contributed by atoms with Crippen LogP contribution >= 0.6 is 38.5 Å². The standard InChI is InChI=1S/C16H19BrIN3/c1-5-6-19-16-14(18)11(4)20-15(21-16)12-7-9(2)13(17)10(3)8-12/h7-8H,5-6H2,1-4H3,(H,19,20,21).